The van der Waals surface area contributed by atoms with Crippen LogP contribution in [0.1, 0.15) is 6.92 Å². The Morgan fingerprint density at radius 3 is 2.90 bits per heavy atom. The number of carbonyl (C=O) groups is 1. The summed E-state index contributed by atoms with van der Waals surface area (Å²) >= 11 is 0. The molecule has 1 aliphatic rings. The molecule has 1 fully saturated rings. The Labute approximate surface area is 59.2 Å². The number of morpholine rings is 1. The SMILES string of the molecule is CC1NCCOC1C(=O)O. The van der Waals surface area contributed by atoms with Gasteiger partial charge in [0.2, 0.25) is 0 Å². The number of nitrogens with one attached hydrogen (secondary N) is 1. The molecule has 2 atom stereocenters. The minimum absolute atomic E-state index is 0.0775. The lowest BCUT2D eigenvalue weighted by atomic mass is 10.1. The van der Waals surface area contributed by atoms with Gasteiger partial charge in [-0.2, -0.15) is 0 Å². The molecule has 1 rings (SSSR count). The molecule has 0 bridgehead atoms. The van der Waals surface area contributed by atoms with Gasteiger partial charge in [-0.1, -0.05) is 0 Å². The second-order valence-corrected chi connectivity index (χ2v) is 2.37. The lowest BCUT2D eigenvalue weighted by molar-refractivity contribution is -0.154. The summed E-state index contributed by atoms with van der Waals surface area (Å²) in [6.07, 6.45) is -0.672. The zero-order valence-electron chi connectivity index (χ0n) is 5.83. The first kappa shape index (κ1) is 7.50. The smallest absolute Gasteiger partial charge is 0.334 e. The second-order valence-electron chi connectivity index (χ2n) is 2.37. The van der Waals surface area contributed by atoms with Crippen molar-refractivity contribution in [2.24, 2.45) is 0 Å². The monoisotopic (exact) mass is 145 g/mol. The first-order valence-electron chi connectivity index (χ1n) is 3.29. The van der Waals surface area contributed by atoms with Gasteiger partial charge >= 0.3 is 5.97 Å². The van der Waals surface area contributed by atoms with E-state index in [-0.39, 0.29) is 6.04 Å². The Morgan fingerprint density at radius 1 is 1.80 bits per heavy atom. The molecule has 2 N–H and O–H groups in total. The summed E-state index contributed by atoms with van der Waals surface area (Å²) in [6.45, 7) is 3.03. The first-order valence-corrected chi connectivity index (χ1v) is 3.29. The van der Waals surface area contributed by atoms with E-state index < -0.39 is 12.1 Å². The van der Waals surface area contributed by atoms with Crippen molar-refractivity contribution in [3.8, 4) is 0 Å². The summed E-state index contributed by atoms with van der Waals surface area (Å²) in [6, 6.07) is -0.0775. The van der Waals surface area contributed by atoms with Gasteiger partial charge in [-0.15, -0.1) is 0 Å². The molecule has 0 aromatic heterocycles. The van der Waals surface area contributed by atoms with E-state index in [2.05, 4.69) is 5.32 Å². The Hall–Kier alpha value is -0.610. The number of hydrogen-bond donors (Lipinski definition) is 2. The molecular formula is C6H11NO3. The third-order valence-electron chi connectivity index (χ3n) is 1.56. The van der Waals surface area contributed by atoms with Crippen LogP contribution in [0.15, 0.2) is 0 Å². The van der Waals surface area contributed by atoms with Crippen LogP contribution >= 0.6 is 0 Å². The number of rotatable bonds is 1. The van der Waals surface area contributed by atoms with Gasteiger partial charge in [-0.25, -0.2) is 4.79 Å². The van der Waals surface area contributed by atoms with Gasteiger partial charge in [0, 0.05) is 12.6 Å². The number of aliphatic carboxylic acids is 1. The summed E-state index contributed by atoms with van der Waals surface area (Å²) in [5.74, 6) is -0.889. The maximum atomic E-state index is 10.4. The van der Waals surface area contributed by atoms with E-state index in [1.165, 1.54) is 0 Å². The Kier molecular flexibility index (Phi) is 2.24. The molecule has 0 amide bonds. The maximum absolute atomic E-state index is 10.4. The van der Waals surface area contributed by atoms with Crippen LogP contribution in [0.5, 0.6) is 0 Å². The summed E-state index contributed by atoms with van der Waals surface area (Å²) in [5, 5.41) is 11.6. The zero-order chi connectivity index (χ0) is 7.56. The van der Waals surface area contributed by atoms with Gasteiger partial charge in [0.1, 0.15) is 0 Å². The molecule has 0 aromatic rings. The van der Waals surface area contributed by atoms with E-state index >= 15 is 0 Å². The molecule has 0 aliphatic carbocycles. The first-order chi connectivity index (χ1) is 4.72. The molecular weight excluding hydrogens is 134 g/mol. The van der Waals surface area contributed by atoms with Crippen molar-refractivity contribution >= 4 is 5.97 Å². The van der Waals surface area contributed by atoms with Crippen LogP contribution in [0.4, 0.5) is 0 Å². The van der Waals surface area contributed by atoms with Gasteiger partial charge in [0.25, 0.3) is 0 Å². The Bertz CT molecular complexity index is 137. The molecule has 1 saturated heterocycles. The molecule has 1 heterocycles. The predicted octanol–water partition coefficient (Wildman–Crippen LogP) is -0.552. The minimum atomic E-state index is -0.889. The largest absolute Gasteiger partial charge is 0.479 e. The normalized spacial score (nSPS) is 33.7. The molecule has 2 unspecified atom stereocenters. The Morgan fingerprint density at radius 2 is 2.50 bits per heavy atom. The fourth-order valence-electron chi connectivity index (χ4n) is 1.01. The third-order valence-corrected chi connectivity index (χ3v) is 1.56. The van der Waals surface area contributed by atoms with Crippen LogP contribution in [0, 0.1) is 0 Å². The number of hydrogen-bond acceptors (Lipinski definition) is 3. The standard InChI is InChI=1S/C6H11NO3/c1-4-5(6(8)9)10-3-2-7-4/h4-5,7H,2-3H2,1H3,(H,8,9). The highest BCUT2D eigenvalue weighted by molar-refractivity contribution is 5.73. The van der Waals surface area contributed by atoms with Crippen molar-refractivity contribution in [1.29, 1.82) is 0 Å². The quantitative estimate of drug-likeness (QED) is 0.519. The summed E-state index contributed by atoms with van der Waals surface area (Å²) < 4.78 is 4.99. The molecule has 10 heavy (non-hydrogen) atoms. The lowest BCUT2D eigenvalue weighted by Gasteiger charge is -2.26. The van der Waals surface area contributed by atoms with E-state index in [0.717, 1.165) is 6.54 Å². The van der Waals surface area contributed by atoms with Crippen LogP contribution in [0.2, 0.25) is 0 Å². The van der Waals surface area contributed by atoms with Gasteiger partial charge in [0.05, 0.1) is 6.61 Å². The number of ether oxygens (including phenoxy) is 1. The highest BCUT2D eigenvalue weighted by atomic mass is 16.5. The van der Waals surface area contributed by atoms with E-state index in [1.807, 2.05) is 0 Å². The number of carboxylic acids is 1. The average Bonchev–Trinajstić information content (AvgIpc) is 1.88. The van der Waals surface area contributed by atoms with Crippen molar-refractivity contribution in [2.75, 3.05) is 13.2 Å². The fourth-order valence-corrected chi connectivity index (χ4v) is 1.01. The van der Waals surface area contributed by atoms with Crippen molar-refractivity contribution in [3.63, 3.8) is 0 Å². The summed E-state index contributed by atoms with van der Waals surface area (Å²) in [5.41, 5.74) is 0. The van der Waals surface area contributed by atoms with Crippen LogP contribution in [-0.4, -0.2) is 36.4 Å². The molecule has 58 valence electrons. The molecule has 4 nitrogen and oxygen atoms in total. The van der Waals surface area contributed by atoms with Gasteiger partial charge in [-0.3, -0.25) is 0 Å². The molecule has 0 saturated carbocycles. The van der Waals surface area contributed by atoms with Crippen molar-refractivity contribution < 1.29 is 14.6 Å². The summed E-state index contributed by atoms with van der Waals surface area (Å²) in [7, 11) is 0. The van der Waals surface area contributed by atoms with E-state index in [9.17, 15) is 4.79 Å². The van der Waals surface area contributed by atoms with Crippen LogP contribution < -0.4 is 5.32 Å². The van der Waals surface area contributed by atoms with Crippen molar-refractivity contribution in [2.45, 2.75) is 19.1 Å². The topological polar surface area (TPSA) is 58.6 Å². The maximum Gasteiger partial charge on any atom is 0.334 e. The third kappa shape index (κ3) is 1.46. The fraction of sp³-hybridized carbons (Fsp3) is 0.833. The second kappa shape index (κ2) is 2.98. The predicted molar refractivity (Wildman–Crippen MR) is 34.8 cm³/mol. The average molecular weight is 145 g/mol. The van der Waals surface area contributed by atoms with Gasteiger partial charge in [0.15, 0.2) is 6.10 Å². The van der Waals surface area contributed by atoms with E-state index in [1.54, 1.807) is 6.92 Å². The number of carboxylic acid groups (broad SMARTS) is 1. The van der Waals surface area contributed by atoms with Crippen molar-refractivity contribution in [3.05, 3.63) is 0 Å². The molecule has 0 radical (unpaired) electrons. The highest BCUT2D eigenvalue weighted by Gasteiger charge is 2.27. The van der Waals surface area contributed by atoms with E-state index in [4.69, 9.17) is 9.84 Å². The van der Waals surface area contributed by atoms with Crippen LogP contribution in [0.25, 0.3) is 0 Å². The minimum Gasteiger partial charge on any atom is -0.479 e. The molecule has 4 heteroatoms. The molecule has 0 spiro atoms. The highest BCUT2D eigenvalue weighted by Crippen LogP contribution is 2.03. The van der Waals surface area contributed by atoms with E-state index in [0.29, 0.717) is 6.61 Å². The lowest BCUT2D eigenvalue weighted by Crippen LogP contribution is -2.50. The molecule has 0 aromatic carbocycles. The van der Waals surface area contributed by atoms with Crippen LogP contribution in [-0.2, 0) is 9.53 Å². The summed E-state index contributed by atoms with van der Waals surface area (Å²) in [4.78, 5) is 10.4. The van der Waals surface area contributed by atoms with Gasteiger partial charge < -0.3 is 15.2 Å². The zero-order valence-corrected chi connectivity index (χ0v) is 5.83. The molecule has 1 aliphatic heterocycles. The van der Waals surface area contributed by atoms with Crippen LogP contribution in [0.3, 0.4) is 0 Å². The van der Waals surface area contributed by atoms with Gasteiger partial charge in [-0.05, 0) is 6.92 Å². The van der Waals surface area contributed by atoms with Crippen molar-refractivity contribution in [1.82, 2.24) is 5.32 Å². The Balaban J connectivity index is 2.47.